The van der Waals surface area contributed by atoms with Crippen LogP contribution in [0.4, 0.5) is 11.4 Å². The zero-order valence-electron chi connectivity index (χ0n) is 15.5. The number of hydrogen-bond donors (Lipinski definition) is 1. The number of carboxylic acids is 1. The zero-order chi connectivity index (χ0) is 20.7. The number of nitro benzene ring substituents is 1. The highest BCUT2D eigenvalue weighted by Gasteiger charge is 2.42. The van der Waals surface area contributed by atoms with Crippen LogP contribution in [0.1, 0.15) is 46.8 Å². The number of ether oxygens (including phenoxy) is 1. The normalized spacial score (nSPS) is 21.6. The second-order valence-electron chi connectivity index (χ2n) is 7.10. The molecule has 1 N–H and O–H groups in total. The lowest BCUT2D eigenvalue weighted by molar-refractivity contribution is -0.385. The van der Waals surface area contributed by atoms with E-state index in [0.717, 1.165) is 5.56 Å². The van der Waals surface area contributed by atoms with Gasteiger partial charge in [-0.15, -0.1) is 0 Å². The number of fused-ring (bicyclic) bond motifs is 3. The molecule has 2 aliphatic rings. The van der Waals surface area contributed by atoms with E-state index in [4.69, 9.17) is 4.74 Å². The Bertz CT molecular complexity index is 1040. The van der Waals surface area contributed by atoms with Crippen LogP contribution in [0.3, 0.4) is 0 Å². The van der Waals surface area contributed by atoms with E-state index in [9.17, 15) is 24.8 Å². The molecule has 1 aliphatic carbocycles. The number of carboxylic acid groups (broad SMARTS) is 1. The summed E-state index contributed by atoms with van der Waals surface area (Å²) in [6, 6.07) is 9.09. The van der Waals surface area contributed by atoms with Gasteiger partial charge in [-0.05, 0) is 36.1 Å². The zero-order valence-corrected chi connectivity index (χ0v) is 15.5. The summed E-state index contributed by atoms with van der Waals surface area (Å²) in [5.41, 5.74) is 1.25. The van der Waals surface area contributed by atoms with Crippen LogP contribution in [-0.4, -0.2) is 16.9 Å². The Hall–Kier alpha value is -3.68. The molecule has 8 heteroatoms. The van der Waals surface area contributed by atoms with Gasteiger partial charge in [-0.2, -0.15) is 0 Å². The molecule has 0 saturated heterocycles. The monoisotopic (exact) mass is 393 g/mol. The summed E-state index contributed by atoms with van der Waals surface area (Å²) in [7, 11) is 0. The number of allylic oxidation sites excluding steroid dienone is 2. The molecule has 0 saturated carbocycles. The number of esters is 1. The summed E-state index contributed by atoms with van der Waals surface area (Å²) in [5, 5.41) is 26.4. The summed E-state index contributed by atoms with van der Waals surface area (Å²) in [6.45, 7) is 1.32. The fourth-order valence-corrected chi connectivity index (χ4v) is 4.26. The highest BCUT2D eigenvalue weighted by molar-refractivity contribution is 5.95. The highest BCUT2D eigenvalue weighted by atomic mass is 16.6. The average Bonchev–Trinajstić information content (AvgIpc) is 3.16. The molecule has 0 unspecified atom stereocenters. The molecule has 2 aromatic carbocycles. The molecule has 1 heterocycles. The molecule has 3 atom stereocenters. The van der Waals surface area contributed by atoms with Gasteiger partial charge in [0.05, 0.1) is 28.2 Å². The number of nitrogens with one attached hydrogen (secondary N) is 1. The number of aromatic carboxylic acids is 1. The predicted octanol–water partition coefficient (Wildman–Crippen LogP) is 2.71. The SMILES string of the molecule is CC(=O)Oc1ccc([C@H]2Nc3c(C(=O)[O-])ccc([N+](=O)[O-])c3[C@H]3C=CC[C@H]32)cc1. The van der Waals surface area contributed by atoms with E-state index < -0.39 is 16.9 Å². The summed E-state index contributed by atoms with van der Waals surface area (Å²) >= 11 is 0. The van der Waals surface area contributed by atoms with Crippen LogP contribution in [0.25, 0.3) is 0 Å². The fourth-order valence-electron chi connectivity index (χ4n) is 4.26. The lowest BCUT2D eigenvalue weighted by Crippen LogP contribution is -2.33. The molecule has 0 aromatic heterocycles. The number of carbonyl (C=O) groups is 2. The maximum Gasteiger partial charge on any atom is 0.308 e. The van der Waals surface area contributed by atoms with Crippen LogP contribution in [0.2, 0.25) is 0 Å². The third-order valence-corrected chi connectivity index (χ3v) is 5.41. The largest absolute Gasteiger partial charge is 0.545 e. The van der Waals surface area contributed by atoms with Crippen molar-refractivity contribution < 1.29 is 24.4 Å². The van der Waals surface area contributed by atoms with Crippen molar-refractivity contribution in [2.45, 2.75) is 25.3 Å². The number of rotatable bonds is 4. The first-order chi connectivity index (χ1) is 13.9. The van der Waals surface area contributed by atoms with E-state index in [0.29, 0.717) is 17.7 Å². The van der Waals surface area contributed by atoms with E-state index in [1.807, 2.05) is 12.2 Å². The van der Waals surface area contributed by atoms with Gasteiger partial charge < -0.3 is 20.0 Å². The van der Waals surface area contributed by atoms with Crippen LogP contribution in [0.15, 0.2) is 48.6 Å². The molecule has 0 amide bonds. The number of hydrogen-bond acceptors (Lipinski definition) is 7. The Balaban J connectivity index is 1.80. The van der Waals surface area contributed by atoms with Gasteiger partial charge in [0.2, 0.25) is 0 Å². The number of anilines is 1. The number of carbonyl (C=O) groups excluding carboxylic acids is 2. The summed E-state index contributed by atoms with van der Waals surface area (Å²) in [4.78, 5) is 33.8. The number of nitrogens with zero attached hydrogens (tertiary/aromatic N) is 1. The van der Waals surface area contributed by atoms with Gasteiger partial charge in [0, 0.05) is 24.5 Å². The van der Waals surface area contributed by atoms with E-state index in [2.05, 4.69) is 5.32 Å². The van der Waals surface area contributed by atoms with Crippen molar-refractivity contribution >= 4 is 23.3 Å². The maximum absolute atomic E-state index is 11.6. The quantitative estimate of drug-likeness (QED) is 0.279. The minimum atomic E-state index is -1.40. The fraction of sp³-hybridized carbons (Fsp3) is 0.238. The minimum Gasteiger partial charge on any atom is -0.545 e. The van der Waals surface area contributed by atoms with Crippen LogP contribution < -0.4 is 15.2 Å². The topological polar surface area (TPSA) is 122 Å². The third-order valence-electron chi connectivity index (χ3n) is 5.41. The number of nitro groups is 1. The van der Waals surface area contributed by atoms with E-state index in [-0.39, 0.29) is 34.8 Å². The van der Waals surface area contributed by atoms with Crippen LogP contribution in [0, 0.1) is 16.0 Å². The Morgan fingerprint density at radius 3 is 2.52 bits per heavy atom. The summed E-state index contributed by atoms with van der Waals surface area (Å²) < 4.78 is 5.06. The molecular weight excluding hydrogens is 376 g/mol. The van der Waals surface area contributed by atoms with Crippen molar-refractivity contribution in [1.82, 2.24) is 0 Å². The molecule has 8 nitrogen and oxygen atoms in total. The Morgan fingerprint density at radius 2 is 1.90 bits per heavy atom. The second kappa shape index (κ2) is 7.05. The standard InChI is InChI=1S/C21H18N2O6/c1-11(24)29-13-7-5-12(6-8-13)19-15-4-2-3-14(15)18-17(23(27)28)10-9-16(21(25)26)20(18)22-19/h2-3,5-10,14-15,19,22H,4H2,1H3,(H,25,26)/p-1/t14-,15+,19+/m0/s1. The van der Waals surface area contributed by atoms with Gasteiger partial charge in [0.1, 0.15) is 5.75 Å². The summed E-state index contributed by atoms with van der Waals surface area (Å²) in [5.74, 6) is -1.71. The molecule has 0 spiro atoms. The van der Waals surface area contributed by atoms with Gasteiger partial charge in [0.25, 0.3) is 5.69 Å². The van der Waals surface area contributed by atoms with E-state index >= 15 is 0 Å². The van der Waals surface area contributed by atoms with Crippen molar-refractivity contribution in [2.24, 2.45) is 5.92 Å². The van der Waals surface area contributed by atoms with E-state index in [1.165, 1.54) is 19.1 Å². The van der Waals surface area contributed by atoms with Gasteiger partial charge in [-0.3, -0.25) is 14.9 Å². The second-order valence-corrected chi connectivity index (χ2v) is 7.10. The Morgan fingerprint density at radius 1 is 1.17 bits per heavy atom. The molecule has 0 fully saturated rings. The molecule has 2 aromatic rings. The van der Waals surface area contributed by atoms with Crippen LogP contribution >= 0.6 is 0 Å². The first kappa shape index (κ1) is 18.7. The maximum atomic E-state index is 11.6. The first-order valence-electron chi connectivity index (χ1n) is 9.11. The van der Waals surface area contributed by atoms with Crippen molar-refractivity contribution in [2.75, 3.05) is 5.32 Å². The van der Waals surface area contributed by atoms with Crippen molar-refractivity contribution in [3.05, 3.63) is 75.4 Å². The molecule has 148 valence electrons. The minimum absolute atomic E-state index is 0.0159. The Labute approximate surface area is 166 Å². The Kier molecular flexibility index (Phi) is 4.54. The van der Waals surface area contributed by atoms with Crippen molar-refractivity contribution in [1.29, 1.82) is 0 Å². The molecule has 0 bridgehead atoms. The number of benzene rings is 2. The van der Waals surface area contributed by atoms with Crippen LogP contribution in [-0.2, 0) is 4.79 Å². The van der Waals surface area contributed by atoms with Crippen molar-refractivity contribution in [3.8, 4) is 5.75 Å². The molecule has 29 heavy (non-hydrogen) atoms. The average molecular weight is 393 g/mol. The summed E-state index contributed by atoms with van der Waals surface area (Å²) in [6.07, 6.45) is 4.55. The van der Waals surface area contributed by atoms with Gasteiger partial charge in [-0.25, -0.2) is 0 Å². The van der Waals surface area contributed by atoms with Gasteiger partial charge in [0.15, 0.2) is 0 Å². The molecule has 0 radical (unpaired) electrons. The smallest absolute Gasteiger partial charge is 0.308 e. The highest BCUT2D eigenvalue weighted by Crippen LogP contribution is 2.53. The van der Waals surface area contributed by atoms with E-state index in [1.54, 1.807) is 24.3 Å². The molecular formula is C21H17N2O6-. The third kappa shape index (κ3) is 3.22. The lowest BCUT2D eigenvalue weighted by Gasteiger charge is -2.38. The predicted molar refractivity (Wildman–Crippen MR) is 102 cm³/mol. The lowest BCUT2D eigenvalue weighted by atomic mass is 9.75. The molecule has 1 aliphatic heterocycles. The van der Waals surface area contributed by atoms with Gasteiger partial charge in [-0.1, -0.05) is 24.3 Å². The van der Waals surface area contributed by atoms with Crippen molar-refractivity contribution in [3.63, 3.8) is 0 Å². The molecule has 4 rings (SSSR count). The van der Waals surface area contributed by atoms with Gasteiger partial charge >= 0.3 is 5.97 Å². The van der Waals surface area contributed by atoms with Crippen LogP contribution in [0.5, 0.6) is 5.75 Å². The first-order valence-corrected chi connectivity index (χ1v) is 9.11.